The fourth-order valence-electron chi connectivity index (χ4n) is 2.15. The standard InChI is InChI=1S/C16H16N4OS/c1-12-10-14(22-11-12)16(21)19-7-9-20-8-6-18-15(20)13-4-2-3-5-17-13/h2-6,8,10-11H,7,9H2,1H3,(H,19,21). The highest BCUT2D eigenvalue weighted by Crippen LogP contribution is 2.14. The predicted octanol–water partition coefficient (Wildman–Crippen LogP) is 2.75. The van der Waals surface area contributed by atoms with E-state index < -0.39 is 0 Å². The summed E-state index contributed by atoms with van der Waals surface area (Å²) in [5.74, 6) is 0.777. The van der Waals surface area contributed by atoms with Gasteiger partial charge in [-0.2, -0.15) is 0 Å². The molecule has 3 rings (SSSR count). The molecule has 0 unspecified atom stereocenters. The van der Waals surface area contributed by atoms with Crippen LogP contribution in [0.1, 0.15) is 15.2 Å². The Balaban J connectivity index is 1.61. The third kappa shape index (κ3) is 3.23. The normalized spacial score (nSPS) is 10.6. The number of hydrogen-bond donors (Lipinski definition) is 1. The largest absolute Gasteiger partial charge is 0.350 e. The predicted molar refractivity (Wildman–Crippen MR) is 86.8 cm³/mol. The molecular weight excluding hydrogens is 296 g/mol. The number of rotatable bonds is 5. The monoisotopic (exact) mass is 312 g/mol. The molecule has 0 bridgehead atoms. The van der Waals surface area contributed by atoms with Crippen LogP contribution in [0, 0.1) is 6.92 Å². The number of pyridine rings is 1. The minimum atomic E-state index is -0.0300. The minimum Gasteiger partial charge on any atom is -0.350 e. The SMILES string of the molecule is Cc1csc(C(=O)NCCn2ccnc2-c2ccccn2)c1. The van der Waals surface area contributed by atoms with Gasteiger partial charge in [-0.15, -0.1) is 11.3 Å². The highest BCUT2D eigenvalue weighted by Gasteiger charge is 2.09. The van der Waals surface area contributed by atoms with Gasteiger partial charge in [0, 0.05) is 31.7 Å². The lowest BCUT2D eigenvalue weighted by Gasteiger charge is -2.08. The van der Waals surface area contributed by atoms with Gasteiger partial charge in [-0.05, 0) is 36.1 Å². The van der Waals surface area contributed by atoms with E-state index in [2.05, 4.69) is 15.3 Å². The Bertz CT molecular complexity index is 763. The Morgan fingerprint density at radius 1 is 1.32 bits per heavy atom. The third-order valence-corrected chi connectivity index (χ3v) is 4.25. The van der Waals surface area contributed by atoms with Gasteiger partial charge >= 0.3 is 0 Å². The average Bonchev–Trinajstić information content (AvgIpc) is 3.17. The Morgan fingerprint density at radius 3 is 2.95 bits per heavy atom. The molecule has 0 radical (unpaired) electrons. The maximum absolute atomic E-state index is 12.0. The van der Waals surface area contributed by atoms with Gasteiger partial charge in [0.05, 0.1) is 4.88 Å². The number of hydrogen-bond acceptors (Lipinski definition) is 4. The first kappa shape index (κ1) is 14.5. The molecule has 0 saturated carbocycles. The van der Waals surface area contributed by atoms with Crippen molar-refractivity contribution < 1.29 is 4.79 Å². The molecule has 3 heterocycles. The maximum Gasteiger partial charge on any atom is 0.261 e. The zero-order valence-corrected chi connectivity index (χ0v) is 13.0. The lowest BCUT2D eigenvalue weighted by molar-refractivity contribution is 0.0956. The molecule has 0 fully saturated rings. The van der Waals surface area contributed by atoms with E-state index in [0.717, 1.165) is 22.0 Å². The fourth-order valence-corrected chi connectivity index (χ4v) is 2.96. The summed E-state index contributed by atoms with van der Waals surface area (Å²) in [6, 6.07) is 7.63. The molecule has 0 spiro atoms. The van der Waals surface area contributed by atoms with Crippen LogP contribution in [0.4, 0.5) is 0 Å². The van der Waals surface area contributed by atoms with E-state index in [-0.39, 0.29) is 5.91 Å². The minimum absolute atomic E-state index is 0.0300. The van der Waals surface area contributed by atoms with Crippen molar-refractivity contribution in [3.63, 3.8) is 0 Å². The van der Waals surface area contributed by atoms with Crippen molar-refractivity contribution in [2.45, 2.75) is 13.5 Å². The van der Waals surface area contributed by atoms with Crippen LogP contribution in [0.3, 0.4) is 0 Å². The van der Waals surface area contributed by atoms with Crippen molar-refractivity contribution in [2.24, 2.45) is 0 Å². The molecule has 0 saturated heterocycles. The van der Waals surface area contributed by atoms with Crippen molar-refractivity contribution in [1.82, 2.24) is 19.9 Å². The zero-order valence-electron chi connectivity index (χ0n) is 12.2. The van der Waals surface area contributed by atoms with Crippen molar-refractivity contribution in [2.75, 3.05) is 6.54 Å². The molecule has 1 amide bonds. The van der Waals surface area contributed by atoms with Crippen LogP contribution in [-0.4, -0.2) is 27.0 Å². The summed E-state index contributed by atoms with van der Waals surface area (Å²) in [6.07, 6.45) is 5.38. The summed E-state index contributed by atoms with van der Waals surface area (Å²) < 4.78 is 1.99. The van der Waals surface area contributed by atoms with Gasteiger partial charge in [-0.1, -0.05) is 6.07 Å². The van der Waals surface area contributed by atoms with Crippen molar-refractivity contribution in [1.29, 1.82) is 0 Å². The topological polar surface area (TPSA) is 59.8 Å². The molecule has 6 heteroatoms. The van der Waals surface area contributed by atoms with Crippen LogP contribution in [0.5, 0.6) is 0 Å². The molecule has 3 aromatic heterocycles. The Labute approximate surface area is 132 Å². The number of thiophene rings is 1. The molecule has 22 heavy (non-hydrogen) atoms. The number of imidazole rings is 1. The van der Waals surface area contributed by atoms with Crippen LogP contribution in [0.15, 0.2) is 48.2 Å². The molecule has 3 aromatic rings. The van der Waals surface area contributed by atoms with Crippen LogP contribution >= 0.6 is 11.3 Å². The first-order valence-electron chi connectivity index (χ1n) is 7.00. The molecule has 0 aliphatic carbocycles. The summed E-state index contributed by atoms with van der Waals surface area (Å²) in [5, 5.41) is 4.91. The third-order valence-electron chi connectivity index (χ3n) is 3.20. The van der Waals surface area contributed by atoms with Crippen LogP contribution in [0.25, 0.3) is 11.5 Å². The summed E-state index contributed by atoms with van der Waals surface area (Å²) in [7, 11) is 0. The summed E-state index contributed by atoms with van der Waals surface area (Å²) in [6.45, 7) is 3.19. The molecule has 0 atom stereocenters. The number of nitrogens with zero attached hydrogens (tertiary/aromatic N) is 3. The molecule has 0 aromatic carbocycles. The number of nitrogens with one attached hydrogen (secondary N) is 1. The van der Waals surface area contributed by atoms with E-state index in [4.69, 9.17) is 0 Å². The number of amides is 1. The lowest BCUT2D eigenvalue weighted by atomic mass is 10.3. The van der Waals surface area contributed by atoms with Gasteiger partial charge in [-0.3, -0.25) is 9.78 Å². The van der Waals surface area contributed by atoms with E-state index in [1.807, 2.05) is 47.3 Å². The second kappa shape index (κ2) is 6.53. The summed E-state index contributed by atoms with van der Waals surface area (Å²) in [4.78, 5) is 21.4. The molecule has 0 aliphatic heterocycles. The average molecular weight is 312 g/mol. The smallest absolute Gasteiger partial charge is 0.261 e. The fraction of sp³-hybridized carbons (Fsp3) is 0.188. The second-order valence-corrected chi connectivity index (χ2v) is 5.81. The van der Waals surface area contributed by atoms with E-state index in [9.17, 15) is 4.79 Å². The Kier molecular flexibility index (Phi) is 4.29. The molecule has 112 valence electrons. The van der Waals surface area contributed by atoms with Crippen molar-refractivity contribution in [3.8, 4) is 11.5 Å². The van der Waals surface area contributed by atoms with E-state index in [1.165, 1.54) is 11.3 Å². The highest BCUT2D eigenvalue weighted by atomic mass is 32.1. The zero-order chi connectivity index (χ0) is 15.4. The van der Waals surface area contributed by atoms with Gasteiger partial charge in [0.2, 0.25) is 0 Å². The second-order valence-electron chi connectivity index (χ2n) is 4.90. The maximum atomic E-state index is 12.0. The molecule has 1 N–H and O–H groups in total. The van der Waals surface area contributed by atoms with Crippen LogP contribution in [-0.2, 0) is 6.54 Å². The van der Waals surface area contributed by atoms with E-state index >= 15 is 0 Å². The number of aromatic nitrogens is 3. The van der Waals surface area contributed by atoms with Gasteiger partial charge in [-0.25, -0.2) is 4.98 Å². The van der Waals surface area contributed by atoms with E-state index in [0.29, 0.717) is 13.1 Å². The number of aryl methyl sites for hydroxylation is 1. The van der Waals surface area contributed by atoms with Crippen LogP contribution in [0.2, 0.25) is 0 Å². The number of carbonyl (C=O) groups excluding carboxylic acids is 1. The van der Waals surface area contributed by atoms with Gasteiger partial charge in [0.1, 0.15) is 5.69 Å². The van der Waals surface area contributed by atoms with E-state index in [1.54, 1.807) is 12.4 Å². The first-order chi connectivity index (χ1) is 10.7. The Hall–Kier alpha value is -2.47. The lowest BCUT2D eigenvalue weighted by Crippen LogP contribution is -2.26. The quantitative estimate of drug-likeness (QED) is 0.788. The first-order valence-corrected chi connectivity index (χ1v) is 7.88. The summed E-state index contributed by atoms with van der Waals surface area (Å²) >= 11 is 1.46. The Morgan fingerprint density at radius 2 is 2.23 bits per heavy atom. The summed E-state index contributed by atoms with van der Waals surface area (Å²) in [5.41, 5.74) is 1.94. The molecule has 0 aliphatic rings. The van der Waals surface area contributed by atoms with Crippen molar-refractivity contribution >= 4 is 17.2 Å². The van der Waals surface area contributed by atoms with Gasteiger partial charge in [0.25, 0.3) is 5.91 Å². The van der Waals surface area contributed by atoms with Crippen molar-refractivity contribution in [3.05, 3.63) is 58.7 Å². The molecular formula is C16H16N4OS. The number of carbonyl (C=O) groups is 1. The van der Waals surface area contributed by atoms with Gasteiger partial charge < -0.3 is 9.88 Å². The van der Waals surface area contributed by atoms with Gasteiger partial charge in [0.15, 0.2) is 5.82 Å². The molecule has 5 nitrogen and oxygen atoms in total. The van der Waals surface area contributed by atoms with Crippen LogP contribution < -0.4 is 5.32 Å². The highest BCUT2D eigenvalue weighted by molar-refractivity contribution is 7.12.